The van der Waals surface area contributed by atoms with Crippen molar-refractivity contribution in [1.82, 2.24) is 0 Å². The summed E-state index contributed by atoms with van der Waals surface area (Å²) in [6.07, 6.45) is -1.78. The molecule has 0 spiro atoms. The number of carboxylic acids is 1. The summed E-state index contributed by atoms with van der Waals surface area (Å²) < 4.78 is 0. The fraction of sp³-hybridized carbons (Fsp3) is 0.222. The first-order valence-corrected chi connectivity index (χ1v) is 3.90. The molecular formula is C9H9NaO5. The van der Waals surface area contributed by atoms with Crippen LogP contribution in [0, 0.1) is 0 Å². The Kier molecular flexibility index (Phi) is 5.67. The number of aliphatic hydroxyl groups is 1. The molecule has 1 unspecified atom stereocenters. The predicted octanol–water partition coefficient (Wildman–Crippen LogP) is -4.24. The number of phenols is 2. The van der Waals surface area contributed by atoms with E-state index < -0.39 is 12.1 Å². The molecule has 0 aliphatic rings. The van der Waals surface area contributed by atoms with Crippen molar-refractivity contribution in [3.63, 3.8) is 0 Å². The predicted molar refractivity (Wildman–Crippen MR) is 44.5 cm³/mol. The first-order chi connectivity index (χ1) is 6.50. The van der Waals surface area contributed by atoms with Gasteiger partial charge in [-0.3, -0.25) is 0 Å². The number of aliphatic hydroxyl groups excluding tert-OH is 1. The molecule has 1 aromatic rings. The minimum atomic E-state index is -1.61. The molecule has 0 saturated heterocycles. The number of aliphatic carboxylic acids is 1. The topological polar surface area (TPSA) is 101 Å². The maximum atomic E-state index is 10.2. The van der Waals surface area contributed by atoms with Crippen molar-refractivity contribution < 1.29 is 54.8 Å². The fourth-order valence-electron chi connectivity index (χ4n) is 1.00. The molecule has 0 heterocycles. The molecule has 6 heteroatoms. The van der Waals surface area contributed by atoms with Crippen molar-refractivity contribution in [2.24, 2.45) is 0 Å². The molecule has 3 N–H and O–H groups in total. The molecule has 0 saturated carbocycles. The van der Waals surface area contributed by atoms with Gasteiger partial charge in [0.05, 0.1) is 12.1 Å². The van der Waals surface area contributed by atoms with Crippen LogP contribution >= 0.6 is 0 Å². The Labute approximate surface area is 108 Å². The Balaban J connectivity index is 0.00000196. The Morgan fingerprint density at radius 3 is 2.40 bits per heavy atom. The minimum absolute atomic E-state index is 0. The molecule has 0 aliphatic heterocycles. The summed E-state index contributed by atoms with van der Waals surface area (Å²) in [5, 5.41) is 37.1. The average Bonchev–Trinajstić information content (AvgIpc) is 2.11. The molecule has 1 rings (SSSR count). The summed E-state index contributed by atoms with van der Waals surface area (Å²) in [7, 11) is 0. The third-order valence-electron chi connectivity index (χ3n) is 1.74. The van der Waals surface area contributed by atoms with E-state index in [0.717, 1.165) is 0 Å². The number of rotatable bonds is 3. The van der Waals surface area contributed by atoms with E-state index in [9.17, 15) is 9.90 Å². The summed E-state index contributed by atoms with van der Waals surface area (Å²) in [5.74, 6) is -2.22. The van der Waals surface area contributed by atoms with Crippen LogP contribution in [0.4, 0.5) is 0 Å². The Morgan fingerprint density at radius 2 is 1.93 bits per heavy atom. The van der Waals surface area contributed by atoms with Crippen molar-refractivity contribution >= 4 is 5.97 Å². The van der Waals surface area contributed by atoms with Gasteiger partial charge in [-0.15, -0.1) is 0 Å². The second-order valence-electron chi connectivity index (χ2n) is 2.86. The van der Waals surface area contributed by atoms with E-state index in [1.165, 1.54) is 18.2 Å². The first kappa shape index (κ1) is 14.2. The smallest absolute Gasteiger partial charge is 0.547 e. The molecule has 0 amide bonds. The van der Waals surface area contributed by atoms with Crippen LogP contribution in [-0.4, -0.2) is 27.4 Å². The van der Waals surface area contributed by atoms with Crippen LogP contribution in [0.15, 0.2) is 18.2 Å². The molecule has 76 valence electrons. The molecule has 15 heavy (non-hydrogen) atoms. The van der Waals surface area contributed by atoms with Gasteiger partial charge in [0.2, 0.25) is 0 Å². The van der Waals surface area contributed by atoms with Crippen LogP contribution < -0.4 is 34.7 Å². The number of carboxylic acid groups (broad SMARTS) is 1. The molecule has 0 fully saturated rings. The average molecular weight is 220 g/mol. The third kappa shape index (κ3) is 4.09. The minimum Gasteiger partial charge on any atom is -0.547 e. The van der Waals surface area contributed by atoms with E-state index in [4.69, 9.17) is 15.3 Å². The Hall–Kier alpha value is -0.750. The molecule has 5 nitrogen and oxygen atoms in total. The van der Waals surface area contributed by atoms with E-state index in [1.54, 1.807) is 0 Å². The van der Waals surface area contributed by atoms with Gasteiger partial charge >= 0.3 is 29.6 Å². The maximum Gasteiger partial charge on any atom is 1.00 e. The molecular weight excluding hydrogens is 211 g/mol. The summed E-state index contributed by atoms with van der Waals surface area (Å²) in [6, 6.07) is 3.80. The van der Waals surface area contributed by atoms with Gasteiger partial charge in [-0.2, -0.15) is 0 Å². The van der Waals surface area contributed by atoms with Crippen molar-refractivity contribution in [2.75, 3.05) is 0 Å². The number of aromatic hydroxyl groups is 2. The van der Waals surface area contributed by atoms with Crippen LogP contribution in [-0.2, 0) is 11.2 Å². The van der Waals surface area contributed by atoms with Gasteiger partial charge in [0.15, 0.2) is 11.5 Å². The summed E-state index contributed by atoms with van der Waals surface area (Å²) in [4.78, 5) is 10.2. The number of benzene rings is 1. The first-order valence-electron chi connectivity index (χ1n) is 3.90. The van der Waals surface area contributed by atoms with Gasteiger partial charge < -0.3 is 25.2 Å². The van der Waals surface area contributed by atoms with Gasteiger partial charge in [-0.05, 0) is 17.7 Å². The van der Waals surface area contributed by atoms with E-state index in [0.29, 0.717) is 5.56 Å². The van der Waals surface area contributed by atoms with Crippen molar-refractivity contribution in [2.45, 2.75) is 12.5 Å². The zero-order chi connectivity index (χ0) is 10.7. The van der Waals surface area contributed by atoms with Crippen LogP contribution in [0.1, 0.15) is 5.56 Å². The van der Waals surface area contributed by atoms with Crippen molar-refractivity contribution in [3.8, 4) is 11.5 Å². The monoisotopic (exact) mass is 220 g/mol. The zero-order valence-corrected chi connectivity index (χ0v) is 10.2. The second kappa shape index (κ2) is 5.97. The number of carbonyl (C=O) groups is 1. The van der Waals surface area contributed by atoms with Gasteiger partial charge in [0, 0.05) is 6.42 Å². The SMILES string of the molecule is O=C([O-])C(O)Cc1ccc(O)c(O)c1.[Na+]. The van der Waals surface area contributed by atoms with E-state index in [1.807, 2.05) is 0 Å². The number of hydrogen-bond acceptors (Lipinski definition) is 5. The van der Waals surface area contributed by atoms with E-state index in [-0.39, 0.29) is 47.5 Å². The molecule has 0 aliphatic carbocycles. The Bertz CT molecular complexity index is 352. The maximum absolute atomic E-state index is 10.2. The molecule has 0 aromatic heterocycles. The number of hydrogen-bond donors (Lipinski definition) is 3. The quantitative estimate of drug-likeness (QED) is 0.354. The van der Waals surface area contributed by atoms with Crippen LogP contribution in [0.2, 0.25) is 0 Å². The Morgan fingerprint density at radius 1 is 1.33 bits per heavy atom. The van der Waals surface area contributed by atoms with Gasteiger partial charge in [0.25, 0.3) is 0 Å². The molecule has 1 aromatic carbocycles. The number of carbonyl (C=O) groups excluding carboxylic acids is 1. The zero-order valence-electron chi connectivity index (χ0n) is 8.17. The van der Waals surface area contributed by atoms with E-state index in [2.05, 4.69) is 0 Å². The van der Waals surface area contributed by atoms with Crippen LogP contribution in [0.25, 0.3) is 0 Å². The molecule has 1 atom stereocenters. The standard InChI is InChI=1S/C9H10O5.Na/c10-6-2-1-5(3-7(6)11)4-8(12)9(13)14;/h1-3,8,10-12H,4H2,(H,13,14);/q;+1/p-1. The summed E-state index contributed by atoms with van der Waals surface area (Å²) >= 11 is 0. The third-order valence-corrected chi connectivity index (χ3v) is 1.74. The van der Waals surface area contributed by atoms with Gasteiger partial charge in [-0.25, -0.2) is 0 Å². The van der Waals surface area contributed by atoms with Crippen LogP contribution in [0.3, 0.4) is 0 Å². The molecule has 0 bridgehead atoms. The van der Waals surface area contributed by atoms with Crippen molar-refractivity contribution in [1.29, 1.82) is 0 Å². The van der Waals surface area contributed by atoms with Gasteiger partial charge in [0.1, 0.15) is 0 Å². The normalized spacial score (nSPS) is 11.5. The number of phenolic OH excluding ortho intramolecular Hbond substituents is 2. The van der Waals surface area contributed by atoms with Gasteiger partial charge in [-0.1, -0.05) is 6.07 Å². The fourth-order valence-corrected chi connectivity index (χ4v) is 1.00. The largest absolute Gasteiger partial charge is 1.00 e. The van der Waals surface area contributed by atoms with E-state index >= 15 is 0 Å². The summed E-state index contributed by atoms with van der Waals surface area (Å²) in [5.41, 5.74) is 0.400. The summed E-state index contributed by atoms with van der Waals surface area (Å²) in [6.45, 7) is 0. The van der Waals surface area contributed by atoms with Crippen molar-refractivity contribution in [3.05, 3.63) is 23.8 Å². The second-order valence-corrected chi connectivity index (χ2v) is 2.86. The molecule has 0 radical (unpaired) electrons. The van der Waals surface area contributed by atoms with Crippen LogP contribution in [0.5, 0.6) is 11.5 Å².